The first-order chi connectivity index (χ1) is 5.25. The fourth-order valence-electron chi connectivity index (χ4n) is 0.479. The van der Waals surface area contributed by atoms with Gasteiger partial charge in [-0.2, -0.15) is 8.42 Å². The van der Waals surface area contributed by atoms with E-state index in [1.807, 2.05) is 0 Å². The second kappa shape index (κ2) is 6.40. The Kier molecular flexibility index (Phi) is 8.04. The minimum atomic E-state index is -4.84. The van der Waals surface area contributed by atoms with E-state index in [2.05, 4.69) is 0 Å². The molecule has 0 aromatic heterocycles. The molecule has 0 heterocycles. The van der Waals surface area contributed by atoms with E-state index in [1.165, 1.54) is 0 Å². The van der Waals surface area contributed by atoms with Crippen molar-refractivity contribution in [2.75, 3.05) is 0 Å². The van der Waals surface area contributed by atoms with E-state index in [-0.39, 0.29) is 70.3 Å². The molecule has 7 nitrogen and oxygen atoms in total. The molecule has 0 rings (SSSR count). The molecule has 13 heavy (non-hydrogen) atoms. The van der Waals surface area contributed by atoms with E-state index < -0.39 is 33.7 Å². The van der Waals surface area contributed by atoms with Gasteiger partial charge in [0.2, 0.25) is 0 Å². The van der Waals surface area contributed by atoms with E-state index in [0.29, 0.717) is 0 Å². The maximum absolute atomic E-state index is 10.2. The second-order valence-electron chi connectivity index (χ2n) is 1.94. The molecule has 0 aliphatic carbocycles. The second-order valence-corrected chi connectivity index (χ2v) is 3.54. The topological polar surface area (TPSA) is 129 Å². The van der Waals surface area contributed by atoms with Crippen LogP contribution in [0.3, 0.4) is 0 Å². The van der Waals surface area contributed by atoms with Gasteiger partial charge in [-0.15, -0.1) is 0 Å². The third-order valence-electron chi connectivity index (χ3n) is 0.995. The molecule has 3 N–H and O–H groups in total. The van der Waals surface area contributed by atoms with Crippen LogP contribution in [0.15, 0.2) is 0 Å². The van der Waals surface area contributed by atoms with Crippen LogP contribution in [0, 0.1) is 0 Å². The summed E-state index contributed by atoms with van der Waals surface area (Å²) in [6, 6.07) is 0. The first kappa shape index (κ1) is 16.3. The summed E-state index contributed by atoms with van der Waals surface area (Å²) in [6.45, 7) is 0. The van der Waals surface area contributed by atoms with Crippen molar-refractivity contribution in [3.63, 3.8) is 0 Å². The first-order valence-electron chi connectivity index (χ1n) is 2.66. The van der Waals surface area contributed by atoms with Crippen LogP contribution in [0.2, 0.25) is 0 Å². The van der Waals surface area contributed by atoms with Crippen molar-refractivity contribution in [1.29, 1.82) is 0 Å². The smallest absolute Gasteiger partial charge is 1.00 e. The summed E-state index contributed by atoms with van der Waals surface area (Å²) in [5, 5.41) is 13.9. The summed E-state index contributed by atoms with van der Waals surface area (Å²) in [5.74, 6) is -3.50. The van der Waals surface area contributed by atoms with E-state index >= 15 is 0 Å². The van der Waals surface area contributed by atoms with Gasteiger partial charge in [-0.1, -0.05) is 0 Å². The van der Waals surface area contributed by atoms with E-state index in [4.69, 9.17) is 14.8 Å². The molecule has 0 aliphatic heterocycles. The van der Waals surface area contributed by atoms with Crippen molar-refractivity contribution >= 4 is 22.1 Å². The van der Waals surface area contributed by atoms with Crippen molar-refractivity contribution in [2.45, 2.75) is 11.7 Å². The summed E-state index contributed by atoms with van der Waals surface area (Å²) in [4.78, 5) is 20.0. The zero-order chi connectivity index (χ0) is 9.94. The number of carboxylic acid groups (broad SMARTS) is 2. The SMILES string of the molecule is O=C(O)CC(C(=O)O)S(=O)(=O)O.[Cs+].[H-]. The number of rotatable bonds is 4. The molecule has 1 unspecified atom stereocenters. The van der Waals surface area contributed by atoms with Crippen LogP contribution >= 0.6 is 0 Å². The Balaban J connectivity index is -0.000000605. The molecule has 1 atom stereocenters. The van der Waals surface area contributed by atoms with Gasteiger partial charge >= 0.3 is 80.8 Å². The van der Waals surface area contributed by atoms with E-state index in [1.54, 1.807) is 0 Å². The summed E-state index contributed by atoms with van der Waals surface area (Å²) >= 11 is 0. The Morgan fingerprint density at radius 1 is 1.31 bits per heavy atom. The van der Waals surface area contributed by atoms with E-state index in [9.17, 15) is 18.0 Å². The third kappa shape index (κ3) is 6.91. The van der Waals surface area contributed by atoms with E-state index in [0.717, 1.165) is 0 Å². The van der Waals surface area contributed by atoms with Crippen molar-refractivity contribution in [3.05, 3.63) is 0 Å². The minimum Gasteiger partial charge on any atom is -1.00 e. The number of hydrogen-bond acceptors (Lipinski definition) is 4. The molecule has 0 aromatic rings. The molecule has 0 spiro atoms. The largest absolute Gasteiger partial charge is 1.00 e. The van der Waals surface area contributed by atoms with Crippen LogP contribution in [0.1, 0.15) is 7.85 Å². The Morgan fingerprint density at radius 3 is 1.77 bits per heavy atom. The summed E-state index contributed by atoms with van der Waals surface area (Å²) in [7, 11) is -4.84. The molecule has 0 fully saturated rings. The Bertz CT molecular complexity index is 299. The normalized spacial score (nSPS) is 12.7. The monoisotopic (exact) mass is 332 g/mol. The third-order valence-corrected chi connectivity index (χ3v) is 2.08. The summed E-state index contributed by atoms with van der Waals surface area (Å²) in [5.41, 5.74) is 0. The van der Waals surface area contributed by atoms with Crippen molar-refractivity contribution in [2.24, 2.45) is 0 Å². The fourth-order valence-corrected chi connectivity index (χ4v) is 1.09. The molecule has 0 saturated carbocycles. The van der Waals surface area contributed by atoms with Crippen LogP contribution in [-0.4, -0.2) is 40.4 Å². The molecule has 0 aromatic carbocycles. The van der Waals surface area contributed by atoms with Gasteiger partial charge in [-0.3, -0.25) is 14.1 Å². The van der Waals surface area contributed by atoms with Crippen LogP contribution in [0.4, 0.5) is 0 Å². The molecule has 0 aliphatic rings. The zero-order valence-corrected chi connectivity index (χ0v) is 13.8. The van der Waals surface area contributed by atoms with Crippen LogP contribution in [-0.2, 0) is 19.7 Å². The fraction of sp³-hybridized carbons (Fsp3) is 0.500. The molecule has 72 valence electrons. The predicted molar refractivity (Wildman–Crippen MR) is 36.3 cm³/mol. The molecule has 0 radical (unpaired) electrons. The Labute approximate surface area is 134 Å². The average molecular weight is 332 g/mol. The zero-order valence-electron chi connectivity index (χ0n) is 7.67. The van der Waals surface area contributed by atoms with Gasteiger partial charge in [0.1, 0.15) is 0 Å². The quantitative estimate of drug-likeness (QED) is 0.447. The predicted octanol–water partition coefficient (Wildman–Crippen LogP) is -4.08. The molecule has 0 saturated heterocycles. The van der Waals surface area contributed by atoms with Crippen molar-refractivity contribution < 1.29 is 103 Å². The van der Waals surface area contributed by atoms with Gasteiger partial charge in [0.05, 0.1) is 6.42 Å². The van der Waals surface area contributed by atoms with Gasteiger partial charge in [0, 0.05) is 0 Å². The van der Waals surface area contributed by atoms with Crippen molar-refractivity contribution in [1.82, 2.24) is 0 Å². The number of carbonyl (C=O) groups is 2. The number of carboxylic acids is 2. The minimum absolute atomic E-state index is 0. The van der Waals surface area contributed by atoms with Crippen LogP contribution in [0.25, 0.3) is 0 Å². The molecular formula is C4H7CsO7S. The number of hydrogen-bond donors (Lipinski definition) is 3. The van der Waals surface area contributed by atoms with Gasteiger partial charge < -0.3 is 11.6 Å². The van der Waals surface area contributed by atoms with Crippen molar-refractivity contribution in [3.8, 4) is 0 Å². The maximum atomic E-state index is 10.2. The van der Waals surface area contributed by atoms with Gasteiger partial charge in [-0.25, -0.2) is 0 Å². The average Bonchev–Trinajstić information content (AvgIpc) is 1.79. The van der Waals surface area contributed by atoms with Gasteiger partial charge in [0.15, 0.2) is 5.25 Å². The maximum Gasteiger partial charge on any atom is 1.00 e. The number of aliphatic carboxylic acids is 2. The Morgan fingerprint density at radius 2 is 1.69 bits per heavy atom. The molecule has 0 bridgehead atoms. The molecule has 0 amide bonds. The summed E-state index contributed by atoms with van der Waals surface area (Å²) < 4.78 is 28.7. The van der Waals surface area contributed by atoms with Gasteiger partial charge in [0.25, 0.3) is 10.1 Å². The summed E-state index contributed by atoms with van der Waals surface area (Å²) in [6.07, 6.45) is -1.16. The first-order valence-corrected chi connectivity index (χ1v) is 4.16. The van der Waals surface area contributed by atoms with Crippen LogP contribution < -0.4 is 68.9 Å². The van der Waals surface area contributed by atoms with Gasteiger partial charge in [-0.05, 0) is 0 Å². The standard InChI is InChI=1S/C4H6O7S.Cs.H/c5-3(6)1-2(4(7)8)12(9,10)11;;/h2H,1H2,(H,5,6)(H,7,8)(H,9,10,11);;/q;+1;-1. The molecule has 9 heteroatoms. The molecular weight excluding hydrogens is 325 g/mol. The Hall–Kier alpha value is 0.902. The van der Waals surface area contributed by atoms with Crippen LogP contribution in [0.5, 0.6) is 0 Å².